The number of rotatable bonds is 3. The molecule has 1 atom stereocenters. The Morgan fingerprint density at radius 1 is 1.40 bits per heavy atom. The van der Waals surface area contributed by atoms with E-state index in [1.807, 2.05) is 0 Å². The second kappa shape index (κ2) is 5.32. The smallest absolute Gasteiger partial charge is 0.253 e. The van der Waals surface area contributed by atoms with Crippen molar-refractivity contribution in [3.63, 3.8) is 0 Å². The normalized spacial score (nSPS) is 28.1. The number of hydrogen-bond acceptors (Lipinski definition) is 4. The average molecular weight is 275 g/mol. The zero-order valence-electron chi connectivity index (χ0n) is 11.8. The van der Waals surface area contributed by atoms with E-state index in [1.54, 1.807) is 25.3 Å². The van der Waals surface area contributed by atoms with Crippen LogP contribution in [0, 0.1) is 5.92 Å². The number of hydrogen-bond donors (Lipinski definition) is 2. The van der Waals surface area contributed by atoms with E-state index in [0.29, 0.717) is 22.9 Å². The van der Waals surface area contributed by atoms with Crippen molar-refractivity contribution in [2.24, 2.45) is 5.92 Å². The molecule has 3 saturated heterocycles. The SMILES string of the molecule is COc1ccc(C(=O)NC2CN3CCC2CC3)c(N)c1. The van der Waals surface area contributed by atoms with Gasteiger partial charge in [-0.2, -0.15) is 0 Å². The fraction of sp³-hybridized carbons (Fsp3) is 0.533. The fourth-order valence-corrected chi connectivity index (χ4v) is 3.25. The number of carbonyl (C=O) groups is 1. The van der Waals surface area contributed by atoms with Crippen molar-refractivity contribution in [1.29, 1.82) is 0 Å². The molecule has 0 radical (unpaired) electrons. The lowest BCUT2D eigenvalue weighted by Gasteiger charge is -2.44. The summed E-state index contributed by atoms with van der Waals surface area (Å²) < 4.78 is 5.10. The van der Waals surface area contributed by atoms with Crippen molar-refractivity contribution in [2.75, 3.05) is 32.5 Å². The second-order valence-electron chi connectivity index (χ2n) is 5.67. The van der Waals surface area contributed by atoms with Crippen LogP contribution >= 0.6 is 0 Å². The van der Waals surface area contributed by atoms with Crippen molar-refractivity contribution in [3.8, 4) is 5.75 Å². The van der Waals surface area contributed by atoms with Gasteiger partial charge in [-0.1, -0.05) is 0 Å². The number of nitrogens with two attached hydrogens (primary N) is 1. The van der Waals surface area contributed by atoms with Gasteiger partial charge in [0.05, 0.1) is 12.7 Å². The first-order valence-corrected chi connectivity index (χ1v) is 7.14. The first-order chi connectivity index (χ1) is 9.67. The molecular weight excluding hydrogens is 254 g/mol. The number of carbonyl (C=O) groups excluding carboxylic acids is 1. The third-order valence-electron chi connectivity index (χ3n) is 4.48. The van der Waals surface area contributed by atoms with E-state index in [1.165, 1.54) is 25.9 Å². The quantitative estimate of drug-likeness (QED) is 0.811. The van der Waals surface area contributed by atoms with Crippen LogP contribution < -0.4 is 15.8 Å². The Morgan fingerprint density at radius 3 is 2.70 bits per heavy atom. The fourth-order valence-electron chi connectivity index (χ4n) is 3.25. The van der Waals surface area contributed by atoms with Crippen LogP contribution in [-0.2, 0) is 0 Å². The van der Waals surface area contributed by atoms with Crippen LogP contribution in [-0.4, -0.2) is 43.6 Å². The Balaban J connectivity index is 1.70. The molecule has 108 valence electrons. The number of methoxy groups -OCH3 is 1. The molecule has 3 aliphatic rings. The molecule has 0 saturated carbocycles. The van der Waals surface area contributed by atoms with Gasteiger partial charge >= 0.3 is 0 Å². The molecule has 5 heteroatoms. The van der Waals surface area contributed by atoms with E-state index in [2.05, 4.69) is 10.2 Å². The third kappa shape index (κ3) is 2.45. The van der Waals surface area contributed by atoms with Gasteiger partial charge in [0.15, 0.2) is 0 Å². The van der Waals surface area contributed by atoms with E-state index < -0.39 is 0 Å². The van der Waals surface area contributed by atoms with Gasteiger partial charge in [0.25, 0.3) is 5.91 Å². The number of fused-ring (bicyclic) bond motifs is 3. The topological polar surface area (TPSA) is 67.6 Å². The summed E-state index contributed by atoms with van der Waals surface area (Å²) in [6.07, 6.45) is 2.37. The molecule has 3 N–H and O–H groups in total. The highest BCUT2D eigenvalue weighted by Crippen LogP contribution is 2.28. The minimum absolute atomic E-state index is 0.0797. The van der Waals surface area contributed by atoms with Crippen molar-refractivity contribution in [3.05, 3.63) is 23.8 Å². The van der Waals surface area contributed by atoms with Crippen LogP contribution in [0.2, 0.25) is 0 Å². The lowest BCUT2D eigenvalue weighted by molar-refractivity contribution is 0.0621. The summed E-state index contributed by atoms with van der Waals surface area (Å²) in [6.45, 7) is 3.30. The maximum atomic E-state index is 12.4. The Hall–Kier alpha value is -1.75. The highest BCUT2D eigenvalue weighted by Gasteiger charge is 2.35. The molecule has 5 nitrogen and oxygen atoms in total. The van der Waals surface area contributed by atoms with E-state index in [9.17, 15) is 4.79 Å². The van der Waals surface area contributed by atoms with Crippen LogP contribution in [0.5, 0.6) is 5.75 Å². The lowest BCUT2D eigenvalue weighted by atomic mass is 9.84. The molecule has 1 amide bonds. The van der Waals surface area contributed by atoms with E-state index in [4.69, 9.17) is 10.5 Å². The van der Waals surface area contributed by atoms with Gasteiger partial charge in [-0.3, -0.25) is 4.79 Å². The van der Waals surface area contributed by atoms with Gasteiger partial charge in [0.2, 0.25) is 0 Å². The Bertz CT molecular complexity index is 510. The predicted molar refractivity (Wildman–Crippen MR) is 77.8 cm³/mol. The molecule has 20 heavy (non-hydrogen) atoms. The third-order valence-corrected chi connectivity index (χ3v) is 4.48. The van der Waals surface area contributed by atoms with Gasteiger partial charge in [-0.05, 0) is 44.0 Å². The highest BCUT2D eigenvalue weighted by atomic mass is 16.5. The van der Waals surface area contributed by atoms with Gasteiger partial charge in [0.1, 0.15) is 5.75 Å². The summed E-state index contributed by atoms with van der Waals surface area (Å²) in [5.74, 6) is 1.20. The van der Waals surface area contributed by atoms with Gasteiger partial charge in [-0.15, -0.1) is 0 Å². The summed E-state index contributed by atoms with van der Waals surface area (Å²) >= 11 is 0. The first-order valence-electron chi connectivity index (χ1n) is 7.14. The Morgan fingerprint density at radius 2 is 2.15 bits per heavy atom. The summed E-state index contributed by atoms with van der Waals surface area (Å²) in [5, 5.41) is 3.14. The molecule has 0 aliphatic carbocycles. The van der Waals surface area contributed by atoms with Crippen molar-refractivity contribution >= 4 is 11.6 Å². The van der Waals surface area contributed by atoms with Crippen LogP contribution in [0.4, 0.5) is 5.69 Å². The predicted octanol–water partition coefficient (Wildman–Crippen LogP) is 1.10. The van der Waals surface area contributed by atoms with Crippen LogP contribution in [0.15, 0.2) is 18.2 Å². The molecule has 0 aromatic heterocycles. The van der Waals surface area contributed by atoms with E-state index in [-0.39, 0.29) is 11.9 Å². The van der Waals surface area contributed by atoms with Crippen molar-refractivity contribution < 1.29 is 9.53 Å². The van der Waals surface area contributed by atoms with Crippen LogP contribution in [0.1, 0.15) is 23.2 Å². The summed E-state index contributed by atoms with van der Waals surface area (Å²) in [5.41, 5.74) is 6.92. The number of amides is 1. The molecule has 1 aromatic carbocycles. The summed E-state index contributed by atoms with van der Waals surface area (Å²) in [6, 6.07) is 5.43. The number of ether oxygens (including phenoxy) is 1. The maximum Gasteiger partial charge on any atom is 0.253 e. The average Bonchev–Trinajstić information content (AvgIpc) is 2.48. The molecule has 3 aliphatic heterocycles. The van der Waals surface area contributed by atoms with Crippen LogP contribution in [0.25, 0.3) is 0 Å². The number of anilines is 1. The monoisotopic (exact) mass is 275 g/mol. The molecule has 4 rings (SSSR count). The van der Waals surface area contributed by atoms with Gasteiger partial charge < -0.3 is 20.7 Å². The zero-order valence-corrected chi connectivity index (χ0v) is 11.8. The minimum atomic E-state index is -0.0797. The number of piperidine rings is 3. The zero-order chi connectivity index (χ0) is 14.1. The highest BCUT2D eigenvalue weighted by molar-refractivity contribution is 5.99. The number of nitrogens with one attached hydrogen (secondary N) is 1. The van der Waals surface area contributed by atoms with Gasteiger partial charge in [0, 0.05) is 24.3 Å². The second-order valence-corrected chi connectivity index (χ2v) is 5.67. The molecule has 2 bridgehead atoms. The maximum absolute atomic E-state index is 12.4. The van der Waals surface area contributed by atoms with Crippen molar-refractivity contribution in [1.82, 2.24) is 10.2 Å². The van der Waals surface area contributed by atoms with Gasteiger partial charge in [-0.25, -0.2) is 0 Å². The molecule has 3 fully saturated rings. The van der Waals surface area contributed by atoms with Crippen molar-refractivity contribution in [2.45, 2.75) is 18.9 Å². The largest absolute Gasteiger partial charge is 0.497 e. The molecule has 1 unspecified atom stereocenters. The summed E-state index contributed by atoms with van der Waals surface area (Å²) in [7, 11) is 1.59. The van der Waals surface area contributed by atoms with E-state index in [0.717, 1.165) is 6.54 Å². The molecular formula is C15H21N3O2. The molecule has 3 heterocycles. The number of nitrogen functional groups attached to an aromatic ring is 1. The Labute approximate surface area is 119 Å². The summed E-state index contributed by atoms with van der Waals surface area (Å²) in [4.78, 5) is 14.8. The number of nitrogens with zero attached hydrogens (tertiary/aromatic N) is 1. The Kier molecular flexibility index (Phi) is 3.53. The van der Waals surface area contributed by atoms with E-state index >= 15 is 0 Å². The first kappa shape index (κ1) is 13.2. The number of benzene rings is 1. The standard InChI is InChI=1S/C15H21N3O2/c1-20-11-2-3-12(13(16)8-11)15(19)17-14-9-18-6-4-10(14)5-7-18/h2-3,8,10,14H,4-7,9,16H2,1H3,(H,17,19). The molecule has 0 spiro atoms. The lowest BCUT2D eigenvalue weighted by Crippen LogP contribution is -2.57. The molecule has 1 aromatic rings. The minimum Gasteiger partial charge on any atom is -0.497 e. The van der Waals surface area contributed by atoms with Crippen LogP contribution in [0.3, 0.4) is 0 Å².